The van der Waals surface area contributed by atoms with Gasteiger partial charge in [0.25, 0.3) is 0 Å². The SMILES string of the molecule is COc1cc(Nc2nc(N)c(C3=N[C@H](C)[C@H](c4ccccc4)O3)s2)cc(OC)c1OC. The molecule has 1 aliphatic heterocycles. The highest BCUT2D eigenvalue weighted by molar-refractivity contribution is 7.18. The van der Waals surface area contributed by atoms with Crippen LogP contribution in [0.4, 0.5) is 16.6 Å². The number of benzene rings is 2. The largest absolute Gasteiger partial charge is 0.493 e. The Hall–Kier alpha value is -3.46. The molecule has 4 rings (SSSR count). The van der Waals surface area contributed by atoms with Crippen LogP contribution in [0.1, 0.15) is 23.5 Å². The van der Waals surface area contributed by atoms with E-state index in [1.807, 2.05) is 37.3 Å². The van der Waals surface area contributed by atoms with Crippen LogP contribution in [0.15, 0.2) is 47.5 Å². The first-order valence-corrected chi connectivity index (χ1v) is 10.5. The highest BCUT2D eigenvalue weighted by Crippen LogP contribution is 2.41. The summed E-state index contributed by atoms with van der Waals surface area (Å²) in [5.41, 5.74) is 7.99. The van der Waals surface area contributed by atoms with Crippen LogP contribution in [-0.4, -0.2) is 38.3 Å². The third-order valence-corrected chi connectivity index (χ3v) is 5.86. The lowest BCUT2D eigenvalue weighted by molar-refractivity contribution is 0.203. The van der Waals surface area contributed by atoms with Gasteiger partial charge in [0, 0.05) is 17.8 Å². The summed E-state index contributed by atoms with van der Waals surface area (Å²) in [6, 6.07) is 13.6. The van der Waals surface area contributed by atoms with Crippen LogP contribution in [0, 0.1) is 0 Å². The van der Waals surface area contributed by atoms with Crippen molar-refractivity contribution in [2.45, 2.75) is 19.1 Å². The zero-order valence-corrected chi connectivity index (χ0v) is 18.5. The lowest BCUT2D eigenvalue weighted by atomic mass is 10.0. The minimum absolute atomic E-state index is 0.0228. The molecule has 2 aromatic carbocycles. The molecule has 0 saturated heterocycles. The molecule has 0 saturated carbocycles. The Morgan fingerprint density at radius 2 is 1.71 bits per heavy atom. The number of nitrogen functional groups attached to an aromatic ring is 1. The standard InChI is InChI=1S/C22H24N4O4S/c1-12-17(13-8-6-5-7-9-13)30-21(24-12)19-20(23)26-22(31-19)25-14-10-15(27-2)18(29-4)16(11-14)28-3/h5-12,17H,23H2,1-4H3,(H,25,26)/t12-,17-/m1/s1. The maximum atomic E-state index is 6.19. The van der Waals surface area contributed by atoms with Crippen molar-refractivity contribution in [1.82, 2.24) is 4.98 Å². The van der Waals surface area contributed by atoms with Gasteiger partial charge in [0.05, 0.1) is 27.4 Å². The zero-order valence-electron chi connectivity index (χ0n) is 17.7. The Labute approximate surface area is 184 Å². The summed E-state index contributed by atoms with van der Waals surface area (Å²) in [6.45, 7) is 2.02. The van der Waals surface area contributed by atoms with Crippen LogP contribution in [0.5, 0.6) is 17.2 Å². The Bertz CT molecular complexity index is 1080. The molecule has 0 amide bonds. The smallest absolute Gasteiger partial charge is 0.231 e. The molecule has 31 heavy (non-hydrogen) atoms. The second-order valence-electron chi connectivity index (χ2n) is 6.90. The van der Waals surface area contributed by atoms with Crippen molar-refractivity contribution in [2.75, 3.05) is 32.4 Å². The quantitative estimate of drug-likeness (QED) is 0.561. The van der Waals surface area contributed by atoms with Crippen LogP contribution >= 0.6 is 11.3 Å². The molecule has 0 spiro atoms. The summed E-state index contributed by atoms with van der Waals surface area (Å²) in [5, 5.41) is 3.85. The van der Waals surface area contributed by atoms with E-state index in [4.69, 9.17) is 24.7 Å². The molecule has 9 heteroatoms. The topological polar surface area (TPSA) is 100 Å². The molecule has 0 fully saturated rings. The van der Waals surface area contributed by atoms with Gasteiger partial charge < -0.3 is 30.0 Å². The Kier molecular flexibility index (Phi) is 5.85. The third kappa shape index (κ3) is 4.09. The molecule has 0 unspecified atom stereocenters. The van der Waals surface area contributed by atoms with Gasteiger partial charge in [0.1, 0.15) is 16.8 Å². The van der Waals surface area contributed by atoms with E-state index in [0.717, 1.165) is 11.3 Å². The van der Waals surface area contributed by atoms with Crippen molar-refractivity contribution < 1.29 is 18.9 Å². The van der Waals surface area contributed by atoms with Gasteiger partial charge >= 0.3 is 0 Å². The molecule has 0 radical (unpaired) electrons. The molecule has 1 aliphatic rings. The molecule has 0 aliphatic carbocycles. The summed E-state index contributed by atoms with van der Waals surface area (Å²) in [7, 11) is 4.70. The van der Waals surface area contributed by atoms with Gasteiger partial charge in [-0.15, -0.1) is 0 Å². The van der Waals surface area contributed by atoms with E-state index in [1.165, 1.54) is 11.3 Å². The van der Waals surface area contributed by atoms with Crippen molar-refractivity contribution in [2.24, 2.45) is 4.99 Å². The zero-order chi connectivity index (χ0) is 22.0. The summed E-state index contributed by atoms with van der Waals surface area (Å²) >= 11 is 1.37. The normalized spacial score (nSPS) is 17.6. The van der Waals surface area contributed by atoms with Crippen LogP contribution in [0.2, 0.25) is 0 Å². The predicted octanol–water partition coefficient (Wildman–Crippen LogP) is 4.40. The van der Waals surface area contributed by atoms with Gasteiger partial charge in [0.15, 0.2) is 16.6 Å². The number of hydrogen-bond acceptors (Lipinski definition) is 9. The fraction of sp³-hybridized carbons (Fsp3) is 0.273. The monoisotopic (exact) mass is 440 g/mol. The maximum Gasteiger partial charge on any atom is 0.231 e. The molecular formula is C22H24N4O4S. The highest BCUT2D eigenvalue weighted by Gasteiger charge is 2.32. The third-order valence-electron chi connectivity index (χ3n) is 4.89. The first-order chi connectivity index (χ1) is 15.0. The van der Waals surface area contributed by atoms with E-state index in [2.05, 4.69) is 15.3 Å². The number of methoxy groups -OCH3 is 3. The van der Waals surface area contributed by atoms with E-state index in [0.29, 0.717) is 39.0 Å². The van der Waals surface area contributed by atoms with Gasteiger partial charge in [-0.1, -0.05) is 41.7 Å². The summed E-state index contributed by atoms with van der Waals surface area (Å²) in [4.78, 5) is 9.81. The van der Waals surface area contributed by atoms with E-state index in [1.54, 1.807) is 33.5 Å². The van der Waals surface area contributed by atoms with Gasteiger partial charge in [-0.25, -0.2) is 9.98 Å². The van der Waals surface area contributed by atoms with Crippen molar-refractivity contribution in [3.63, 3.8) is 0 Å². The van der Waals surface area contributed by atoms with E-state index >= 15 is 0 Å². The van der Waals surface area contributed by atoms with Crippen molar-refractivity contribution in [3.05, 3.63) is 52.9 Å². The number of hydrogen-bond donors (Lipinski definition) is 2. The molecular weight excluding hydrogens is 416 g/mol. The molecule has 3 aromatic rings. The lowest BCUT2D eigenvalue weighted by Gasteiger charge is -2.14. The molecule has 3 N–H and O–H groups in total. The van der Waals surface area contributed by atoms with E-state index in [-0.39, 0.29) is 12.1 Å². The molecule has 0 bridgehead atoms. The van der Waals surface area contributed by atoms with E-state index in [9.17, 15) is 0 Å². The number of nitrogens with one attached hydrogen (secondary N) is 1. The lowest BCUT2D eigenvalue weighted by Crippen LogP contribution is -2.11. The van der Waals surface area contributed by atoms with Gasteiger partial charge in [-0.2, -0.15) is 0 Å². The van der Waals surface area contributed by atoms with Crippen molar-refractivity contribution in [3.8, 4) is 17.2 Å². The molecule has 8 nitrogen and oxygen atoms in total. The first kappa shape index (κ1) is 20.8. The van der Waals surface area contributed by atoms with Crippen LogP contribution in [0.25, 0.3) is 0 Å². The van der Waals surface area contributed by atoms with Gasteiger partial charge in [-0.05, 0) is 12.5 Å². The van der Waals surface area contributed by atoms with E-state index < -0.39 is 0 Å². The number of anilines is 3. The number of rotatable bonds is 7. The van der Waals surface area contributed by atoms with Gasteiger partial charge in [0.2, 0.25) is 11.6 Å². The molecule has 2 atom stereocenters. The van der Waals surface area contributed by atoms with Crippen LogP contribution in [-0.2, 0) is 4.74 Å². The Morgan fingerprint density at radius 3 is 2.32 bits per heavy atom. The molecule has 162 valence electrons. The number of aliphatic imine (C=N–C) groups is 1. The predicted molar refractivity (Wildman–Crippen MR) is 122 cm³/mol. The number of aromatic nitrogens is 1. The summed E-state index contributed by atoms with van der Waals surface area (Å²) in [5.74, 6) is 2.47. The van der Waals surface area contributed by atoms with Crippen molar-refractivity contribution in [1.29, 1.82) is 0 Å². The second-order valence-corrected chi connectivity index (χ2v) is 7.90. The molecule has 2 heterocycles. The average molecular weight is 441 g/mol. The second kappa shape index (κ2) is 8.73. The summed E-state index contributed by atoms with van der Waals surface area (Å²) in [6.07, 6.45) is -0.149. The Balaban J connectivity index is 1.57. The van der Waals surface area contributed by atoms with Crippen molar-refractivity contribution >= 4 is 33.9 Å². The number of ether oxygens (including phenoxy) is 4. The van der Waals surface area contributed by atoms with Gasteiger partial charge in [-0.3, -0.25) is 0 Å². The average Bonchev–Trinajstić information content (AvgIpc) is 3.35. The minimum Gasteiger partial charge on any atom is -0.493 e. The molecule has 1 aromatic heterocycles. The minimum atomic E-state index is -0.149. The van der Waals surface area contributed by atoms with Crippen LogP contribution in [0.3, 0.4) is 0 Å². The maximum absolute atomic E-state index is 6.19. The fourth-order valence-electron chi connectivity index (χ4n) is 3.42. The number of nitrogens with zero attached hydrogens (tertiary/aromatic N) is 2. The summed E-state index contributed by atoms with van der Waals surface area (Å²) < 4.78 is 22.3. The Morgan fingerprint density at radius 1 is 1.03 bits per heavy atom. The number of thiazole rings is 1. The highest BCUT2D eigenvalue weighted by atomic mass is 32.1. The van der Waals surface area contributed by atoms with Crippen LogP contribution < -0.4 is 25.3 Å². The number of nitrogens with two attached hydrogens (primary N) is 1. The fourth-order valence-corrected chi connectivity index (χ4v) is 4.26. The first-order valence-electron chi connectivity index (χ1n) is 9.67.